The molecule has 0 saturated carbocycles. The standard InChI is InChI=1S/C23H25N3O3/c1-3-11-29-18-9-7-16(8-10-18)23(27)26-13-20(22-21(14-26)24-15-25-22)17-5-4-6-19(12-17)28-2/h4-10,12,15,20H,3,11,13-14H2,1-2H3,(H,24,25). The van der Waals surface area contributed by atoms with Crippen LogP contribution in [-0.4, -0.2) is 41.0 Å². The molecule has 4 rings (SSSR count). The largest absolute Gasteiger partial charge is 0.497 e. The minimum absolute atomic E-state index is 0.000174. The molecule has 1 aliphatic rings. The number of methoxy groups -OCH3 is 1. The first-order chi connectivity index (χ1) is 14.2. The van der Waals surface area contributed by atoms with Crippen LogP contribution in [0.5, 0.6) is 11.5 Å². The Morgan fingerprint density at radius 2 is 2.03 bits per heavy atom. The fourth-order valence-corrected chi connectivity index (χ4v) is 3.69. The second kappa shape index (κ2) is 8.39. The van der Waals surface area contributed by atoms with Gasteiger partial charge in [0.1, 0.15) is 11.5 Å². The molecule has 150 valence electrons. The number of fused-ring (bicyclic) bond motifs is 1. The molecule has 0 spiro atoms. The van der Waals surface area contributed by atoms with Crippen molar-refractivity contribution in [2.75, 3.05) is 20.3 Å². The lowest BCUT2D eigenvalue weighted by Gasteiger charge is -2.32. The van der Waals surface area contributed by atoms with Gasteiger partial charge in [0.15, 0.2) is 0 Å². The number of benzene rings is 2. The number of ether oxygens (including phenoxy) is 2. The lowest BCUT2D eigenvalue weighted by Crippen LogP contribution is -2.38. The van der Waals surface area contributed by atoms with Gasteiger partial charge in [-0.2, -0.15) is 0 Å². The third kappa shape index (κ3) is 3.97. The Balaban J connectivity index is 1.58. The van der Waals surface area contributed by atoms with E-state index in [4.69, 9.17) is 9.47 Å². The van der Waals surface area contributed by atoms with E-state index in [0.29, 0.717) is 25.3 Å². The maximum Gasteiger partial charge on any atom is 0.254 e. The number of nitrogens with one attached hydrogen (secondary N) is 1. The van der Waals surface area contributed by atoms with E-state index in [1.807, 2.05) is 47.4 Å². The summed E-state index contributed by atoms with van der Waals surface area (Å²) in [5, 5.41) is 0. The van der Waals surface area contributed by atoms with E-state index in [9.17, 15) is 4.79 Å². The average molecular weight is 391 g/mol. The highest BCUT2D eigenvalue weighted by Crippen LogP contribution is 2.33. The van der Waals surface area contributed by atoms with Gasteiger partial charge < -0.3 is 19.4 Å². The minimum atomic E-state index is -0.00351. The van der Waals surface area contributed by atoms with Gasteiger partial charge in [-0.1, -0.05) is 19.1 Å². The first-order valence-corrected chi connectivity index (χ1v) is 9.87. The topological polar surface area (TPSA) is 67.5 Å². The minimum Gasteiger partial charge on any atom is -0.497 e. The predicted molar refractivity (Wildman–Crippen MR) is 110 cm³/mol. The molecule has 3 aromatic rings. The SMILES string of the molecule is CCCOc1ccc(C(=O)N2Cc3[nH]cnc3C(c3cccc(OC)c3)C2)cc1. The average Bonchev–Trinajstić information content (AvgIpc) is 3.25. The molecule has 1 unspecified atom stereocenters. The molecule has 2 aromatic carbocycles. The van der Waals surface area contributed by atoms with Crippen LogP contribution in [0.25, 0.3) is 0 Å². The molecule has 0 aliphatic carbocycles. The Kier molecular flexibility index (Phi) is 5.51. The van der Waals surface area contributed by atoms with Gasteiger partial charge in [0, 0.05) is 18.0 Å². The Morgan fingerprint density at radius 1 is 1.21 bits per heavy atom. The lowest BCUT2D eigenvalue weighted by molar-refractivity contribution is 0.0722. The van der Waals surface area contributed by atoms with Gasteiger partial charge in [0.2, 0.25) is 0 Å². The zero-order chi connectivity index (χ0) is 20.2. The van der Waals surface area contributed by atoms with Gasteiger partial charge in [0.05, 0.1) is 38.0 Å². The number of carbonyl (C=O) groups is 1. The monoisotopic (exact) mass is 391 g/mol. The fraction of sp³-hybridized carbons (Fsp3) is 0.304. The molecule has 6 heteroatoms. The third-order valence-corrected chi connectivity index (χ3v) is 5.19. The number of nitrogens with zero attached hydrogens (tertiary/aromatic N) is 2. The molecule has 29 heavy (non-hydrogen) atoms. The second-order valence-electron chi connectivity index (χ2n) is 7.15. The quantitative estimate of drug-likeness (QED) is 0.690. The summed E-state index contributed by atoms with van der Waals surface area (Å²) >= 11 is 0. The van der Waals surface area contributed by atoms with E-state index in [1.54, 1.807) is 13.4 Å². The van der Waals surface area contributed by atoms with Crippen molar-refractivity contribution in [3.8, 4) is 11.5 Å². The number of rotatable bonds is 6. The van der Waals surface area contributed by atoms with Crippen molar-refractivity contribution < 1.29 is 14.3 Å². The van der Waals surface area contributed by atoms with E-state index in [-0.39, 0.29) is 11.8 Å². The van der Waals surface area contributed by atoms with Gasteiger partial charge in [-0.3, -0.25) is 4.79 Å². The summed E-state index contributed by atoms with van der Waals surface area (Å²) in [6, 6.07) is 15.3. The van der Waals surface area contributed by atoms with E-state index in [0.717, 1.165) is 34.9 Å². The van der Waals surface area contributed by atoms with Gasteiger partial charge in [0.25, 0.3) is 5.91 Å². The summed E-state index contributed by atoms with van der Waals surface area (Å²) in [6.07, 6.45) is 2.65. The van der Waals surface area contributed by atoms with Gasteiger partial charge in [-0.25, -0.2) is 4.98 Å². The number of imidazole rings is 1. The molecule has 1 N–H and O–H groups in total. The summed E-state index contributed by atoms with van der Waals surface area (Å²) < 4.78 is 11.0. The summed E-state index contributed by atoms with van der Waals surface area (Å²) in [5.74, 6) is 1.58. The molecule has 0 saturated heterocycles. The number of hydrogen-bond donors (Lipinski definition) is 1. The van der Waals surface area contributed by atoms with Crippen molar-refractivity contribution in [2.24, 2.45) is 0 Å². The van der Waals surface area contributed by atoms with Crippen LogP contribution in [0.3, 0.4) is 0 Å². The zero-order valence-electron chi connectivity index (χ0n) is 16.7. The molecule has 0 bridgehead atoms. The molecule has 2 heterocycles. The van der Waals surface area contributed by atoms with E-state index in [2.05, 4.69) is 23.0 Å². The molecule has 1 atom stereocenters. The van der Waals surface area contributed by atoms with Crippen LogP contribution >= 0.6 is 0 Å². The van der Waals surface area contributed by atoms with Gasteiger partial charge in [-0.15, -0.1) is 0 Å². The molecular formula is C23H25N3O3. The predicted octanol–water partition coefficient (Wildman–Crippen LogP) is 4.00. The maximum atomic E-state index is 13.2. The van der Waals surface area contributed by atoms with Crippen molar-refractivity contribution in [1.29, 1.82) is 0 Å². The summed E-state index contributed by atoms with van der Waals surface area (Å²) in [7, 11) is 1.66. The fourth-order valence-electron chi connectivity index (χ4n) is 3.69. The van der Waals surface area contributed by atoms with Crippen LogP contribution in [-0.2, 0) is 6.54 Å². The van der Waals surface area contributed by atoms with Crippen molar-refractivity contribution >= 4 is 5.91 Å². The first kappa shape index (κ1) is 19.1. The van der Waals surface area contributed by atoms with E-state index in [1.165, 1.54) is 0 Å². The van der Waals surface area contributed by atoms with Crippen LogP contribution in [0.15, 0.2) is 54.9 Å². The molecular weight excluding hydrogens is 366 g/mol. The third-order valence-electron chi connectivity index (χ3n) is 5.19. The van der Waals surface area contributed by atoms with E-state index < -0.39 is 0 Å². The van der Waals surface area contributed by atoms with Crippen LogP contribution in [0.1, 0.15) is 46.6 Å². The molecule has 1 aliphatic heterocycles. The first-order valence-electron chi connectivity index (χ1n) is 9.87. The Bertz CT molecular complexity index is 981. The number of hydrogen-bond acceptors (Lipinski definition) is 4. The summed E-state index contributed by atoms with van der Waals surface area (Å²) in [4.78, 5) is 22.8. The number of carbonyl (C=O) groups excluding carboxylic acids is 1. The lowest BCUT2D eigenvalue weighted by atomic mass is 9.90. The van der Waals surface area contributed by atoms with E-state index >= 15 is 0 Å². The van der Waals surface area contributed by atoms with Crippen molar-refractivity contribution in [3.63, 3.8) is 0 Å². The molecule has 0 radical (unpaired) electrons. The van der Waals surface area contributed by atoms with Crippen molar-refractivity contribution in [2.45, 2.75) is 25.8 Å². The maximum absolute atomic E-state index is 13.2. The molecule has 1 amide bonds. The summed E-state index contributed by atoms with van der Waals surface area (Å²) in [6.45, 7) is 3.82. The van der Waals surface area contributed by atoms with Crippen LogP contribution < -0.4 is 9.47 Å². The number of amides is 1. The second-order valence-corrected chi connectivity index (χ2v) is 7.15. The molecule has 6 nitrogen and oxygen atoms in total. The van der Waals surface area contributed by atoms with Crippen molar-refractivity contribution in [1.82, 2.24) is 14.9 Å². The van der Waals surface area contributed by atoms with Gasteiger partial charge >= 0.3 is 0 Å². The van der Waals surface area contributed by atoms with Gasteiger partial charge in [-0.05, 0) is 48.4 Å². The Hall–Kier alpha value is -3.28. The smallest absolute Gasteiger partial charge is 0.254 e. The van der Waals surface area contributed by atoms with Crippen molar-refractivity contribution in [3.05, 3.63) is 77.4 Å². The molecule has 1 aromatic heterocycles. The van der Waals surface area contributed by atoms with Crippen LogP contribution in [0.4, 0.5) is 0 Å². The number of aromatic amines is 1. The Labute approximate surface area is 170 Å². The highest BCUT2D eigenvalue weighted by molar-refractivity contribution is 5.94. The zero-order valence-corrected chi connectivity index (χ0v) is 16.7. The summed E-state index contributed by atoms with van der Waals surface area (Å²) in [5.41, 5.74) is 3.70. The molecule has 0 fully saturated rings. The number of aromatic nitrogens is 2. The highest BCUT2D eigenvalue weighted by atomic mass is 16.5. The highest BCUT2D eigenvalue weighted by Gasteiger charge is 2.32. The normalized spacial score (nSPS) is 15.7. The Morgan fingerprint density at radius 3 is 2.79 bits per heavy atom. The van der Waals surface area contributed by atoms with Crippen LogP contribution in [0.2, 0.25) is 0 Å². The van der Waals surface area contributed by atoms with Crippen LogP contribution in [0, 0.1) is 0 Å². The number of H-pyrrole nitrogens is 1.